The van der Waals surface area contributed by atoms with Crippen LogP contribution >= 0.6 is 0 Å². The number of allylic oxidation sites excluding steroid dienone is 6. The Balaban J connectivity index is 4.28. The SMILES string of the molecule is CCCCCCC/C=C\C/C=C\CCCCCCCCCCCCCCCC(=O)OCC(COC(=O)CCCCCCCCCCCCCCCCCCC)OC(=O)CCCCCCCCCCCCC/C=C\CCCCCCCCCC. The zero-order chi connectivity index (χ0) is 59.9. The van der Waals surface area contributed by atoms with Crippen molar-refractivity contribution in [3.63, 3.8) is 0 Å². The molecule has 0 aromatic carbocycles. The number of hydrogen-bond donors (Lipinski definition) is 0. The van der Waals surface area contributed by atoms with Gasteiger partial charge in [0.05, 0.1) is 0 Å². The van der Waals surface area contributed by atoms with Crippen molar-refractivity contribution >= 4 is 17.9 Å². The van der Waals surface area contributed by atoms with Gasteiger partial charge in [0.1, 0.15) is 13.2 Å². The summed E-state index contributed by atoms with van der Waals surface area (Å²) >= 11 is 0. The van der Waals surface area contributed by atoms with Gasteiger partial charge in [-0.3, -0.25) is 14.4 Å². The number of carbonyl (C=O) groups is 3. The molecule has 0 amide bonds. The van der Waals surface area contributed by atoms with Crippen LogP contribution in [0.4, 0.5) is 0 Å². The number of esters is 3. The summed E-state index contributed by atoms with van der Waals surface area (Å²) in [5.74, 6) is -0.834. The fourth-order valence-electron chi connectivity index (χ4n) is 11.5. The van der Waals surface area contributed by atoms with E-state index < -0.39 is 6.10 Å². The highest BCUT2D eigenvalue weighted by Gasteiger charge is 2.20. The minimum atomic E-state index is -0.772. The Morgan fingerprint density at radius 1 is 0.241 bits per heavy atom. The van der Waals surface area contributed by atoms with Crippen molar-refractivity contribution in [2.75, 3.05) is 13.2 Å². The summed E-state index contributed by atoms with van der Waals surface area (Å²) in [6.07, 6.45) is 90.3. The minimum Gasteiger partial charge on any atom is -0.462 e. The molecule has 0 radical (unpaired) electrons. The van der Waals surface area contributed by atoms with E-state index in [0.717, 1.165) is 64.2 Å². The van der Waals surface area contributed by atoms with Crippen molar-refractivity contribution < 1.29 is 28.6 Å². The first kappa shape index (κ1) is 80.6. The van der Waals surface area contributed by atoms with E-state index in [-0.39, 0.29) is 31.1 Å². The molecule has 0 saturated carbocycles. The van der Waals surface area contributed by atoms with E-state index in [4.69, 9.17) is 14.2 Å². The smallest absolute Gasteiger partial charge is 0.306 e. The molecule has 1 unspecified atom stereocenters. The van der Waals surface area contributed by atoms with Gasteiger partial charge in [0.15, 0.2) is 6.10 Å². The molecule has 0 aliphatic carbocycles. The van der Waals surface area contributed by atoms with Gasteiger partial charge < -0.3 is 14.2 Å². The second-order valence-electron chi connectivity index (χ2n) is 25.6. The first-order chi connectivity index (χ1) is 41.0. The zero-order valence-corrected chi connectivity index (χ0v) is 56.2. The second kappa shape index (κ2) is 72.1. The second-order valence-corrected chi connectivity index (χ2v) is 25.6. The van der Waals surface area contributed by atoms with Crippen LogP contribution in [0.1, 0.15) is 419 Å². The molecule has 6 nitrogen and oxygen atoms in total. The number of hydrogen-bond acceptors (Lipinski definition) is 6. The van der Waals surface area contributed by atoms with E-state index in [1.54, 1.807) is 0 Å². The van der Waals surface area contributed by atoms with Crippen LogP contribution in [0.15, 0.2) is 36.5 Å². The van der Waals surface area contributed by atoms with Gasteiger partial charge in [0.2, 0.25) is 0 Å². The maximum atomic E-state index is 13.0. The monoisotopic (exact) mass is 1170 g/mol. The fourth-order valence-corrected chi connectivity index (χ4v) is 11.5. The van der Waals surface area contributed by atoms with Crippen molar-refractivity contribution in [3.05, 3.63) is 36.5 Å². The van der Waals surface area contributed by atoms with E-state index in [9.17, 15) is 14.4 Å². The molecule has 0 aromatic rings. The number of ether oxygens (including phenoxy) is 3. The number of unbranched alkanes of at least 4 members (excludes halogenated alkanes) is 53. The summed E-state index contributed by atoms with van der Waals surface area (Å²) in [6.45, 7) is 6.72. The van der Waals surface area contributed by atoms with Crippen LogP contribution in [0.2, 0.25) is 0 Å². The highest BCUT2D eigenvalue weighted by molar-refractivity contribution is 5.71. The molecule has 0 spiro atoms. The van der Waals surface area contributed by atoms with Crippen molar-refractivity contribution in [1.29, 1.82) is 0 Å². The summed E-state index contributed by atoms with van der Waals surface area (Å²) in [5, 5.41) is 0. The van der Waals surface area contributed by atoms with Crippen molar-refractivity contribution in [2.24, 2.45) is 0 Å². The third-order valence-corrected chi connectivity index (χ3v) is 17.1. The Hall–Kier alpha value is -2.37. The molecule has 6 heteroatoms. The number of carbonyl (C=O) groups excluding carboxylic acids is 3. The average Bonchev–Trinajstić information content (AvgIpc) is 3.49. The van der Waals surface area contributed by atoms with Crippen LogP contribution in [0.25, 0.3) is 0 Å². The molecule has 0 aliphatic rings. The molecule has 0 aliphatic heterocycles. The lowest BCUT2D eigenvalue weighted by Gasteiger charge is -2.18. The van der Waals surface area contributed by atoms with E-state index >= 15 is 0 Å². The predicted molar refractivity (Wildman–Crippen MR) is 362 cm³/mol. The molecule has 0 heterocycles. The van der Waals surface area contributed by atoms with Crippen LogP contribution in [-0.2, 0) is 28.6 Å². The van der Waals surface area contributed by atoms with Crippen LogP contribution in [0, 0.1) is 0 Å². The maximum absolute atomic E-state index is 13.0. The van der Waals surface area contributed by atoms with Crippen molar-refractivity contribution in [3.8, 4) is 0 Å². The maximum Gasteiger partial charge on any atom is 0.306 e. The largest absolute Gasteiger partial charge is 0.462 e. The van der Waals surface area contributed by atoms with E-state index in [2.05, 4.69) is 57.2 Å². The van der Waals surface area contributed by atoms with Gasteiger partial charge in [-0.05, 0) is 77.0 Å². The lowest BCUT2D eigenvalue weighted by atomic mass is 10.0. The summed E-state index contributed by atoms with van der Waals surface area (Å²) in [4.78, 5) is 38.6. The van der Waals surface area contributed by atoms with Gasteiger partial charge in [0.25, 0.3) is 0 Å². The Labute approximate surface area is 518 Å². The highest BCUT2D eigenvalue weighted by Crippen LogP contribution is 2.19. The van der Waals surface area contributed by atoms with Gasteiger partial charge in [-0.15, -0.1) is 0 Å². The average molecular weight is 1170 g/mol. The third-order valence-electron chi connectivity index (χ3n) is 17.1. The molecular weight excluding hydrogens is 1020 g/mol. The van der Waals surface area contributed by atoms with Gasteiger partial charge in [-0.2, -0.15) is 0 Å². The molecule has 0 rings (SSSR count). The zero-order valence-electron chi connectivity index (χ0n) is 56.2. The molecule has 0 fully saturated rings. The topological polar surface area (TPSA) is 78.9 Å². The summed E-state index contributed by atoms with van der Waals surface area (Å²) < 4.78 is 17.1. The van der Waals surface area contributed by atoms with E-state index in [1.807, 2.05) is 0 Å². The Bertz CT molecular complexity index is 1380. The molecule has 0 bridgehead atoms. The first-order valence-electron chi connectivity index (χ1n) is 37.5. The van der Waals surface area contributed by atoms with Gasteiger partial charge in [-0.25, -0.2) is 0 Å². The molecule has 1 atom stereocenters. The van der Waals surface area contributed by atoms with Gasteiger partial charge >= 0.3 is 17.9 Å². The third kappa shape index (κ3) is 70.3. The summed E-state index contributed by atoms with van der Waals surface area (Å²) in [7, 11) is 0. The van der Waals surface area contributed by atoms with Crippen LogP contribution < -0.4 is 0 Å². The van der Waals surface area contributed by atoms with Crippen molar-refractivity contribution in [2.45, 2.75) is 425 Å². The quantitative estimate of drug-likeness (QED) is 0.0261. The van der Waals surface area contributed by atoms with Gasteiger partial charge in [-0.1, -0.05) is 359 Å². The predicted octanol–water partition coefficient (Wildman–Crippen LogP) is 25.9. The fraction of sp³-hybridized carbons (Fsp3) is 0.883. The van der Waals surface area contributed by atoms with E-state index in [0.29, 0.717) is 19.3 Å². The van der Waals surface area contributed by atoms with Crippen molar-refractivity contribution in [1.82, 2.24) is 0 Å². The molecule has 488 valence electrons. The van der Waals surface area contributed by atoms with Crippen LogP contribution in [0.3, 0.4) is 0 Å². The summed E-state index contributed by atoms with van der Waals surface area (Å²) in [5.41, 5.74) is 0. The Morgan fingerprint density at radius 2 is 0.434 bits per heavy atom. The molecule has 0 N–H and O–H groups in total. The van der Waals surface area contributed by atoms with Crippen LogP contribution in [-0.4, -0.2) is 37.2 Å². The molecule has 83 heavy (non-hydrogen) atoms. The first-order valence-corrected chi connectivity index (χ1v) is 37.5. The van der Waals surface area contributed by atoms with Gasteiger partial charge in [0, 0.05) is 19.3 Å². The Morgan fingerprint density at radius 3 is 0.675 bits per heavy atom. The highest BCUT2D eigenvalue weighted by atomic mass is 16.6. The molecule has 0 saturated heterocycles. The molecule has 0 aromatic heterocycles. The lowest BCUT2D eigenvalue weighted by molar-refractivity contribution is -0.167. The van der Waals surface area contributed by atoms with E-state index in [1.165, 1.54) is 315 Å². The molecular formula is C77H144O6. The number of rotatable bonds is 70. The lowest BCUT2D eigenvalue weighted by Crippen LogP contribution is -2.30. The Kier molecular flexibility index (Phi) is 70.0. The minimum absolute atomic E-state index is 0.0666. The summed E-state index contributed by atoms with van der Waals surface area (Å²) in [6, 6.07) is 0. The normalized spacial score (nSPS) is 12.2. The standard InChI is InChI=1S/C77H144O6/c1-4-7-10-13-16-19-22-25-28-31-33-35-37-38-40-41-43-46-49-52-55-58-61-64-67-70-76(79)82-73-74(72-81-75(78)69-66-63-60-57-54-51-48-45-30-27-24-21-18-15-12-9-6-3)83-77(80)71-68-65-62-59-56-53-50-47-44-42-39-36-34-32-29-26-23-20-17-14-11-8-5-2/h22,25,31-34,74H,4-21,23-24,26-30,35-73H2,1-3H3/b25-22-,33-31-,34-32-. The van der Waals surface area contributed by atoms with Crippen LogP contribution in [0.5, 0.6) is 0 Å².